The number of carbonyl (C=O) groups is 1. The molecule has 0 radical (unpaired) electrons. The Kier molecular flexibility index (Phi) is 4.98. The number of likely N-dealkylation sites (N-methyl/N-ethyl adjacent to an activating group) is 1. The molecule has 1 rings (SSSR count). The van der Waals surface area contributed by atoms with Crippen molar-refractivity contribution < 1.29 is 9.53 Å². The Morgan fingerprint density at radius 3 is 2.94 bits per heavy atom. The van der Waals surface area contributed by atoms with Crippen molar-refractivity contribution in [3.8, 4) is 0 Å². The van der Waals surface area contributed by atoms with Gasteiger partial charge in [-0.2, -0.15) is 5.10 Å². The lowest BCUT2D eigenvalue weighted by molar-refractivity contribution is -0.145. The van der Waals surface area contributed by atoms with Gasteiger partial charge in [0.1, 0.15) is 6.04 Å². The average Bonchev–Trinajstić information content (AvgIpc) is 2.65. The fraction of sp³-hybridized carbons (Fsp3) is 0.636. The molecule has 0 fully saturated rings. The van der Waals surface area contributed by atoms with Crippen molar-refractivity contribution >= 4 is 5.97 Å². The van der Waals surface area contributed by atoms with E-state index < -0.39 is 0 Å². The molecule has 0 aromatic carbocycles. The third kappa shape index (κ3) is 3.66. The Morgan fingerprint density at radius 1 is 1.69 bits per heavy atom. The van der Waals surface area contributed by atoms with E-state index >= 15 is 0 Å². The molecule has 5 heteroatoms. The van der Waals surface area contributed by atoms with Gasteiger partial charge in [-0.1, -0.05) is 0 Å². The van der Waals surface area contributed by atoms with E-state index in [2.05, 4.69) is 10.4 Å². The zero-order valence-electron chi connectivity index (χ0n) is 10.1. The number of hydrogen-bond donors (Lipinski definition) is 1. The number of esters is 1. The first-order valence-electron chi connectivity index (χ1n) is 5.51. The number of rotatable bonds is 6. The Morgan fingerprint density at radius 2 is 2.44 bits per heavy atom. The van der Waals surface area contributed by atoms with Crippen LogP contribution in [0.3, 0.4) is 0 Å². The van der Waals surface area contributed by atoms with E-state index in [-0.39, 0.29) is 12.0 Å². The van der Waals surface area contributed by atoms with Crippen LogP contribution in [0.5, 0.6) is 0 Å². The zero-order valence-corrected chi connectivity index (χ0v) is 10.1. The van der Waals surface area contributed by atoms with E-state index in [0.29, 0.717) is 19.6 Å². The van der Waals surface area contributed by atoms with Gasteiger partial charge in [0.05, 0.1) is 12.3 Å². The SMILES string of the molecule is CCOC(=O)C(CCn1ccc(C)n1)NC. The molecule has 1 aromatic rings. The van der Waals surface area contributed by atoms with Crippen molar-refractivity contribution in [2.24, 2.45) is 0 Å². The number of hydrogen-bond acceptors (Lipinski definition) is 4. The second-order valence-electron chi connectivity index (χ2n) is 3.60. The van der Waals surface area contributed by atoms with E-state index in [4.69, 9.17) is 4.74 Å². The molecule has 1 atom stereocenters. The van der Waals surface area contributed by atoms with Crippen molar-refractivity contribution in [1.82, 2.24) is 15.1 Å². The number of ether oxygens (including phenoxy) is 1. The van der Waals surface area contributed by atoms with Crippen molar-refractivity contribution in [1.29, 1.82) is 0 Å². The second kappa shape index (κ2) is 6.27. The molecule has 0 saturated carbocycles. The Balaban J connectivity index is 2.42. The highest BCUT2D eigenvalue weighted by atomic mass is 16.5. The summed E-state index contributed by atoms with van der Waals surface area (Å²) in [6.07, 6.45) is 2.59. The maximum absolute atomic E-state index is 11.5. The van der Waals surface area contributed by atoms with Crippen molar-refractivity contribution in [2.75, 3.05) is 13.7 Å². The molecule has 0 amide bonds. The molecule has 0 bridgehead atoms. The van der Waals surface area contributed by atoms with Gasteiger partial charge in [-0.05, 0) is 33.4 Å². The summed E-state index contributed by atoms with van der Waals surface area (Å²) in [4.78, 5) is 11.5. The molecule has 0 aliphatic heterocycles. The van der Waals surface area contributed by atoms with Gasteiger partial charge in [-0.25, -0.2) is 0 Å². The quantitative estimate of drug-likeness (QED) is 0.725. The highest BCUT2D eigenvalue weighted by molar-refractivity contribution is 5.75. The molecule has 1 N–H and O–H groups in total. The summed E-state index contributed by atoms with van der Waals surface area (Å²) in [5.41, 5.74) is 0.983. The van der Waals surface area contributed by atoms with Gasteiger partial charge in [0.25, 0.3) is 0 Å². The van der Waals surface area contributed by atoms with Gasteiger partial charge in [-0.3, -0.25) is 9.48 Å². The molecular weight excluding hydrogens is 206 g/mol. The maximum Gasteiger partial charge on any atom is 0.323 e. The standard InChI is InChI=1S/C11H19N3O2/c1-4-16-11(15)10(12-3)6-8-14-7-5-9(2)13-14/h5,7,10,12H,4,6,8H2,1-3H3. The number of aryl methyl sites for hydroxylation is 2. The molecule has 16 heavy (non-hydrogen) atoms. The van der Waals surface area contributed by atoms with Crippen LogP contribution < -0.4 is 5.32 Å². The lowest BCUT2D eigenvalue weighted by Gasteiger charge is -2.14. The predicted molar refractivity (Wildman–Crippen MR) is 61.1 cm³/mol. The molecule has 90 valence electrons. The largest absolute Gasteiger partial charge is 0.465 e. The third-order valence-corrected chi connectivity index (χ3v) is 2.34. The number of carbonyl (C=O) groups excluding carboxylic acids is 1. The molecule has 1 unspecified atom stereocenters. The summed E-state index contributed by atoms with van der Waals surface area (Å²) in [5, 5.41) is 7.21. The van der Waals surface area contributed by atoms with Crippen LogP contribution in [0.4, 0.5) is 0 Å². The molecule has 5 nitrogen and oxygen atoms in total. The molecule has 0 aliphatic rings. The van der Waals surface area contributed by atoms with Gasteiger partial charge in [0.15, 0.2) is 0 Å². The zero-order chi connectivity index (χ0) is 12.0. The first-order chi connectivity index (χ1) is 7.67. The van der Waals surface area contributed by atoms with Crippen LogP contribution >= 0.6 is 0 Å². The minimum Gasteiger partial charge on any atom is -0.465 e. The molecule has 1 aromatic heterocycles. The fourth-order valence-electron chi connectivity index (χ4n) is 1.47. The van der Waals surface area contributed by atoms with Gasteiger partial charge in [0, 0.05) is 12.7 Å². The van der Waals surface area contributed by atoms with E-state index in [1.165, 1.54) is 0 Å². The van der Waals surface area contributed by atoms with Crippen molar-refractivity contribution in [3.63, 3.8) is 0 Å². The van der Waals surface area contributed by atoms with Crippen LogP contribution in [0, 0.1) is 6.92 Å². The molecule has 0 spiro atoms. The van der Waals surface area contributed by atoms with Gasteiger partial charge < -0.3 is 10.1 Å². The van der Waals surface area contributed by atoms with Crippen LogP contribution in [0.15, 0.2) is 12.3 Å². The first kappa shape index (κ1) is 12.7. The van der Waals surface area contributed by atoms with Gasteiger partial charge in [0.2, 0.25) is 0 Å². The van der Waals surface area contributed by atoms with E-state index in [0.717, 1.165) is 5.69 Å². The Labute approximate surface area is 95.8 Å². The van der Waals surface area contributed by atoms with E-state index in [9.17, 15) is 4.79 Å². The fourth-order valence-corrected chi connectivity index (χ4v) is 1.47. The van der Waals surface area contributed by atoms with Crippen LogP contribution in [0.25, 0.3) is 0 Å². The monoisotopic (exact) mass is 225 g/mol. The smallest absolute Gasteiger partial charge is 0.323 e. The van der Waals surface area contributed by atoms with Crippen molar-refractivity contribution in [3.05, 3.63) is 18.0 Å². The molecule has 0 aliphatic carbocycles. The normalized spacial score (nSPS) is 12.4. The highest BCUT2D eigenvalue weighted by Crippen LogP contribution is 2.00. The van der Waals surface area contributed by atoms with Crippen LogP contribution in [-0.4, -0.2) is 35.4 Å². The second-order valence-corrected chi connectivity index (χ2v) is 3.60. The van der Waals surface area contributed by atoms with Crippen LogP contribution in [-0.2, 0) is 16.1 Å². The van der Waals surface area contributed by atoms with Crippen LogP contribution in [0.2, 0.25) is 0 Å². The van der Waals surface area contributed by atoms with Gasteiger partial charge >= 0.3 is 5.97 Å². The van der Waals surface area contributed by atoms with E-state index in [1.807, 2.05) is 30.8 Å². The summed E-state index contributed by atoms with van der Waals surface area (Å²) in [5.74, 6) is -0.200. The topological polar surface area (TPSA) is 56.2 Å². The molecular formula is C11H19N3O2. The molecule has 0 saturated heterocycles. The number of nitrogens with zero attached hydrogens (tertiary/aromatic N) is 2. The maximum atomic E-state index is 11.5. The summed E-state index contributed by atoms with van der Waals surface area (Å²) in [6, 6.07) is 1.68. The van der Waals surface area contributed by atoms with Gasteiger partial charge in [-0.15, -0.1) is 0 Å². The third-order valence-electron chi connectivity index (χ3n) is 2.34. The lowest BCUT2D eigenvalue weighted by Crippen LogP contribution is -2.36. The summed E-state index contributed by atoms with van der Waals surface area (Å²) >= 11 is 0. The lowest BCUT2D eigenvalue weighted by atomic mass is 10.2. The minimum atomic E-state index is -0.260. The average molecular weight is 225 g/mol. The van der Waals surface area contributed by atoms with Crippen LogP contribution in [0.1, 0.15) is 19.0 Å². The summed E-state index contributed by atoms with van der Waals surface area (Å²) < 4.78 is 6.79. The minimum absolute atomic E-state index is 0.200. The summed E-state index contributed by atoms with van der Waals surface area (Å²) in [6.45, 7) is 4.87. The first-order valence-corrected chi connectivity index (χ1v) is 5.51. The summed E-state index contributed by atoms with van der Waals surface area (Å²) in [7, 11) is 1.76. The highest BCUT2D eigenvalue weighted by Gasteiger charge is 2.17. The number of aromatic nitrogens is 2. The Bertz CT molecular complexity index is 336. The predicted octanol–water partition coefficient (Wildman–Crippen LogP) is 0.733. The number of nitrogens with one attached hydrogen (secondary N) is 1. The Hall–Kier alpha value is -1.36. The van der Waals surface area contributed by atoms with Crippen molar-refractivity contribution in [2.45, 2.75) is 32.9 Å². The molecule has 1 heterocycles. The van der Waals surface area contributed by atoms with E-state index in [1.54, 1.807) is 7.05 Å².